The molecule has 116 valence electrons. The molecule has 21 heavy (non-hydrogen) atoms. The van der Waals surface area contributed by atoms with Crippen LogP contribution in [0.25, 0.3) is 0 Å². The summed E-state index contributed by atoms with van der Waals surface area (Å²) in [6, 6.07) is 10.4. The van der Waals surface area contributed by atoms with Gasteiger partial charge in [-0.3, -0.25) is 0 Å². The van der Waals surface area contributed by atoms with E-state index in [1.165, 1.54) is 11.6 Å². The number of carbonyl (C=O) groups excluding carboxylic acids is 1. The van der Waals surface area contributed by atoms with E-state index in [1.54, 1.807) is 0 Å². The van der Waals surface area contributed by atoms with Gasteiger partial charge in [-0.2, -0.15) is 0 Å². The Bertz CT molecular complexity index is 455. The molecule has 1 aromatic rings. The summed E-state index contributed by atoms with van der Waals surface area (Å²) < 4.78 is 6.23. The Labute approximate surface area is 128 Å². The molecule has 4 nitrogen and oxygen atoms in total. The molecule has 1 rings (SSSR count). The van der Waals surface area contributed by atoms with Gasteiger partial charge in [-0.25, -0.2) is 4.79 Å². The third kappa shape index (κ3) is 7.06. The summed E-state index contributed by atoms with van der Waals surface area (Å²) in [6.07, 6.45) is 1.07. The summed E-state index contributed by atoms with van der Waals surface area (Å²) in [6.45, 7) is 5.82. The minimum Gasteiger partial charge on any atom is -0.452 e. The molecule has 0 heterocycles. The lowest BCUT2D eigenvalue weighted by molar-refractivity contribution is -0.906. The van der Waals surface area contributed by atoms with Gasteiger partial charge in [0.15, 0.2) is 6.10 Å². The third-order valence-electron chi connectivity index (χ3n) is 3.17. The van der Waals surface area contributed by atoms with Crippen molar-refractivity contribution < 1.29 is 14.0 Å². The maximum atomic E-state index is 11.5. The lowest BCUT2D eigenvalue weighted by atomic mass is 10.2. The zero-order valence-electron chi connectivity index (χ0n) is 13.6. The average Bonchev–Trinajstić information content (AvgIpc) is 2.37. The van der Waals surface area contributed by atoms with Crippen molar-refractivity contribution in [2.45, 2.75) is 12.6 Å². The number of carbonyl (C=O) groups is 1. The molecule has 0 saturated carbocycles. The van der Waals surface area contributed by atoms with Gasteiger partial charge in [0, 0.05) is 18.2 Å². The van der Waals surface area contributed by atoms with Gasteiger partial charge in [0.1, 0.15) is 13.1 Å². The first-order valence-electron chi connectivity index (χ1n) is 7.16. The van der Waals surface area contributed by atoms with Crippen molar-refractivity contribution in [1.29, 1.82) is 0 Å². The van der Waals surface area contributed by atoms with E-state index in [1.807, 2.05) is 37.2 Å². The molecule has 4 heteroatoms. The molecule has 1 aromatic carbocycles. The van der Waals surface area contributed by atoms with Crippen LogP contribution in [0.3, 0.4) is 0 Å². The second-order valence-corrected chi connectivity index (χ2v) is 6.29. The first-order valence-corrected chi connectivity index (χ1v) is 7.16. The van der Waals surface area contributed by atoms with Crippen molar-refractivity contribution in [2.75, 3.05) is 41.3 Å². The molecule has 0 N–H and O–H groups in total. The SMILES string of the molecule is C=CC(=O)OC(CN(C)C)C[N+](C)(C)Cc1ccccc1. The molecule has 0 aromatic heterocycles. The molecule has 0 aliphatic rings. The lowest BCUT2D eigenvalue weighted by Crippen LogP contribution is -2.48. The van der Waals surface area contributed by atoms with Crippen molar-refractivity contribution in [3.05, 3.63) is 48.6 Å². The monoisotopic (exact) mass is 291 g/mol. The molecule has 1 unspecified atom stereocenters. The third-order valence-corrected chi connectivity index (χ3v) is 3.17. The van der Waals surface area contributed by atoms with Gasteiger partial charge >= 0.3 is 5.97 Å². The number of hydrogen-bond acceptors (Lipinski definition) is 3. The van der Waals surface area contributed by atoms with E-state index in [9.17, 15) is 4.79 Å². The number of quaternary nitrogens is 1. The van der Waals surface area contributed by atoms with Crippen molar-refractivity contribution >= 4 is 5.97 Å². The van der Waals surface area contributed by atoms with Crippen LogP contribution in [0.5, 0.6) is 0 Å². The predicted octanol–water partition coefficient (Wildman–Crippen LogP) is 1.92. The van der Waals surface area contributed by atoms with E-state index in [2.05, 4.69) is 32.8 Å². The molecule has 0 amide bonds. The van der Waals surface area contributed by atoms with Crippen LogP contribution in [-0.4, -0.2) is 62.7 Å². The maximum absolute atomic E-state index is 11.5. The van der Waals surface area contributed by atoms with Gasteiger partial charge in [0.25, 0.3) is 0 Å². The number of ether oxygens (including phenoxy) is 1. The molecule has 0 bridgehead atoms. The highest BCUT2D eigenvalue weighted by molar-refractivity contribution is 5.81. The van der Waals surface area contributed by atoms with Crippen LogP contribution < -0.4 is 0 Å². The summed E-state index contributed by atoms with van der Waals surface area (Å²) in [4.78, 5) is 13.5. The Morgan fingerprint density at radius 3 is 2.48 bits per heavy atom. The van der Waals surface area contributed by atoms with Crippen LogP contribution in [0.1, 0.15) is 5.56 Å². The molecule has 0 fully saturated rings. The minimum absolute atomic E-state index is 0.149. The van der Waals surface area contributed by atoms with Crippen molar-refractivity contribution in [3.8, 4) is 0 Å². The summed E-state index contributed by atoms with van der Waals surface area (Å²) in [5, 5.41) is 0. The number of benzene rings is 1. The second-order valence-electron chi connectivity index (χ2n) is 6.29. The Kier molecular flexibility index (Phi) is 6.59. The van der Waals surface area contributed by atoms with Crippen LogP contribution in [0.15, 0.2) is 43.0 Å². The predicted molar refractivity (Wildman–Crippen MR) is 85.8 cm³/mol. The average molecular weight is 291 g/mol. The number of esters is 1. The van der Waals surface area contributed by atoms with Gasteiger partial charge in [-0.1, -0.05) is 36.9 Å². The fourth-order valence-corrected chi connectivity index (χ4v) is 2.45. The van der Waals surface area contributed by atoms with E-state index >= 15 is 0 Å². The van der Waals surface area contributed by atoms with Crippen LogP contribution in [0, 0.1) is 0 Å². The van der Waals surface area contributed by atoms with Gasteiger partial charge in [-0.15, -0.1) is 0 Å². The Morgan fingerprint density at radius 2 is 1.95 bits per heavy atom. The number of hydrogen-bond donors (Lipinski definition) is 0. The lowest BCUT2D eigenvalue weighted by Gasteiger charge is -2.34. The van der Waals surface area contributed by atoms with Crippen LogP contribution in [0.2, 0.25) is 0 Å². The summed E-state index contributed by atoms with van der Waals surface area (Å²) in [5.74, 6) is -0.360. The van der Waals surface area contributed by atoms with Crippen LogP contribution in [-0.2, 0) is 16.1 Å². The summed E-state index contributed by atoms with van der Waals surface area (Å²) >= 11 is 0. The molecule has 0 spiro atoms. The zero-order chi connectivity index (χ0) is 15.9. The molecule has 1 atom stereocenters. The highest BCUT2D eigenvalue weighted by Gasteiger charge is 2.25. The normalized spacial score (nSPS) is 13.0. The minimum atomic E-state index is -0.360. The Balaban J connectivity index is 2.70. The molecule has 0 aliphatic carbocycles. The fourth-order valence-electron chi connectivity index (χ4n) is 2.45. The molecular formula is C17H27N2O2+. The van der Waals surface area contributed by atoms with Crippen molar-refractivity contribution in [3.63, 3.8) is 0 Å². The van der Waals surface area contributed by atoms with E-state index in [-0.39, 0.29) is 12.1 Å². The van der Waals surface area contributed by atoms with Crippen LogP contribution >= 0.6 is 0 Å². The van der Waals surface area contributed by atoms with Gasteiger partial charge in [0.2, 0.25) is 0 Å². The highest BCUT2D eigenvalue weighted by atomic mass is 16.5. The first-order chi connectivity index (χ1) is 9.82. The van der Waals surface area contributed by atoms with Gasteiger partial charge in [-0.05, 0) is 14.1 Å². The van der Waals surface area contributed by atoms with Gasteiger partial charge in [0.05, 0.1) is 14.1 Å². The number of rotatable bonds is 8. The summed E-state index contributed by atoms with van der Waals surface area (Å²) in [7, 11) is 8.26. The van der Waals surface area contributed by atoms with Gasteiger partial charge < -0.3 is 14.1 Å². The van der Waals surface area contributed by atoms with Crippen molar-refractivity contribution in [1.82, 2.24) is 4.90 Å². The number of nitrogens with zero attached hydrogens (tertiary/aromatic N) is 2. The Morgan fingerprint density at radius 1 is 1.33 bits per heavy atom. The maximum Gasteiger partial charge on any atom is 0.330 e. The van der Waals surface area contributed by atoms with E-state index in [0.717, 1.165) is 17.6 Å². The molecule has 0 aliphatic heterocycles. The molecule has 0 radical (unpaired) electrons. The molecule has 0 saturated heterocycles. The van der Waals surface area contributed by atoms with E-state index < -0.39 is 0 Å². The van der Waals surface area contributed by atoms with E-state index in [0.29, 0.717) is 6.54 Å². The Hall–Kier alpha value is -1.65. The van der Waals surface area contributed by atoms with Crippen molar-refractivity contribution in [2.24, 2.45) is 0 Å². The number of likely N-dealkylation sites (N-methyl/N-ethyl adjacent to an activating group) is 2. The first kappa shape index (κ1) is 17.4. The van der Waals surface area contributed by atoms with Crippen LogP contribution in [0.4, 0.5) is 0 Å². The fraction of sp³-hybridized carbons (Fsp3) is 0.471. The summed E-state index contributed by atoms with van der Waals surface area (Å²) in [5.41, 5.74) is 1.28. The highest BCUT2D eigenvalue weighted by Crippen LogP contribution is 2.12. The standard InChI is InChI=1S/C17H27N2O2/c1-6-17(20)21-16(12-18(2)3)14-19(4,5)13-15-10-8-7-9-11-15/h6-11,16H,1,12-14H2,2-5H3/q+1. The van der Waals surface area contributed by atoms with E-state index in [4.69, 9.17) is 4.74 Å². The molecular weight excluding hydrogens is 264 g/mol. The quantitative estimate of drug-likeness (QED) is 0.416. The second kappa shape index (κ2) is 7.96. The largest absolute Gasteiger partial charge is 0.452 e. The topological polar surface area (TPSA) is 29.5 Å². The smallest absolute Gasteiger partial charge is 0.330 e. The zero-order valence-corrected chi connectivity index (χ0v) is 13.6.